The Hall–Kier alpha value is -2.70. The SMILES string of the molecule is CCn1c(=O)c2c(ncn2CC)n(-c2ccc(F)cc2)c1=O. The quantitative estimate of drug-likeness (QED) is 0.737. The molecule has 3 aromatic rings. The summed E-state index contributed by atoms with van der Waals surface area (Å²) in [6.45, 7) is 4.45. The highest BCUT2D eigenvalue weighted by Crippen LogP contribution is 2.13. The van der Waals surface area contributed by atoms with Crippen molar-refractivity contribution in [2.45, 2.75) is 26.9 Å². The smallest absolute Gasteiger partial charge is 0.325 e. The van der Waals surface area contributed by atoms with Crippen LogP contribution in [-0.2, 0) is 13.1 Å². The monoisotopic (exact) mass is 302 g/mol. The molecule has 6 nitrogen and oxygen atoms in total. The summed E-state index contributed by atoms with van der Waals surface area (Å²) in [4.78, 5) is 29.3. The van der Waals surface area contributed by atoms with Gasteiger partial charge in [-0.05, 0) is 38.1 Å². The van der Waals surface area contributed by atoms with Crippen LogP contribution in [0, 0.1) is 5.82 Å². The maximum atomic E-state index is 13.1. The van der Waals surface area contributed by atoms with Gasteiger partial charge in [-0.15, -0.1) is 0 Å². The van der Waals surface area contributed by atoms with E-state index in [4.69, 9.17) is 0 Å². The number of rotatable bonds is 3. The van der Waals surface area contributed by atoms with Gasteiger partial charge in [-0.3, -0.25) is 9.36 Å². The van der Waals surface area contributed by atoms with Crippen LogP contribution in [0.4, 0.5) is 4.39 Å². The van der Waals surface area contributed by atoms with Crippen LogP contribution in [0.1, 0.15) is 13.8 Å². The fraction of sp³-hybridized carbons (Fsp3) is 0.267. The van der Waals surface area contributed by atoms with Gasteiger partial charge in [-0.2, -0.15) is 0 Å². The van der Waals surface area contributed by atoms with E-state index in [1.807, 2.05) is 6.92 Å². The normalized spacial score (nSPS) is 11.2. The summed E-state index contributed by atoms with van der Waals surface area (Å²) in [5, 5.41) is 0. The molecule has 7 heteroatoms. The van der Waals surface area contributed by atoms with E-state index >= 15 is 0 Å². The Morgan fingerprint density at radius 2 is 1.77 bits per heavy atom. The van der Waals surface area contributed by atoms with E-state index in [2.05, 4.69) is 4.98 Å². The van der Waals surface area contributed by atoms with Crippen LogP contribution in [0.2, 0.25) is 0 Å². The number of benzene rings is 1. The largest absolute Gasteiger partial charge is 0.337 e. The molecule has 0 aliphatic carbocycles. The van der Waals surface area contributed by atoms with Crippen LogP contribution >= 0.6 is 0 Å². The molecule has 0 bridgehead atoms. The Kier molecular flexibility index (Phi) is 3.40. The number of fused-ring (bicyclic) bond motifs is 1. The summed E-state index contributed by atoms with van der Waals surface area (Å²) in [7, 11) is 0. The molecule has 1 aromatic carbocycles. The molecule has 0 atom stereocenters. The van der Waals surface area contributed by atoms with Crippen molar-refractivity contribution in [2.24, 2.45) is 0 Å². The molecule has 0 aliphatic heterocycles. The second kappa shape index (κ2) is 5.25. The van der Waals surface area contributed by atoms with E-state index in [0.717, 1.165) is 4.57 Å². The maximum Gasteiger partial charge on any atom is 0.337 e. The molecule has 0 fully saturated rings. The van der Waals surface area contributed by atoms with E-state index in [-0.39, 0.29) is 17.8 Å². The molecule has 0 aliphatic rings. The van der Waals surface area contributed by atoms with Crippen molar-refractivity contribution in [3.8, 4) is 5.69 Å². The molecule has 0 saturated carbocycles. The lowest BCUT2D eigenvalue weighted by Gasteiger charge is -2.11. The first-order chi connectivity index (χ1) is 10.6. The summed E-state index contributed by atoms with van der Waals surface area (Å²) in [6.07, 6.45) is 1.53. The maximum absolute atomic E-state index is 13.1. The topological polar surface area (TPSA) is 61.8 Å². The minimum absolute atomic E-state index is 0.254. The number of aromatic nitrogens is 4. The fourth-order valence-corrected chi connectivity index (χ4v) is 2.52. The third-order valence-corrected chi connectivity index (χ3v) is 3.64. The molecule has 3 rings (SSSR count). The van der Waals surface area contributed by atoms with Crippen molar-refractivity contribution in [3.05, 3.63) is 57.2 Å². The molecule has 2 heterocycles. The molecule has 0 amide bonds. The van der Waals surface area contributed by atoms with Gasteiger partial charge in [0.2, 0.25) is 0 Å². The molecular weight excluding hydrogens is 287 g/mol. The van der Waals surface area contributed by atoms with Crippen LogP contribution in [0.15, 0.2) is 40.2 Å². The third kappa shape index (κ3) is 1.97. The van der Waals surface area contributed by atoms with Crippen LogP contribution in [0.25, 0.3) is 16.9 Å². The molecule has 0 radical (unpaired) electrons. The van der Waals surface area contributed by atoms with Crippen LogP contribution in [0.3, 0.4) is 0 Å². The van der Waals surface area contributed by atoms with Crippen LogP contribution in [0.5, 0.6) is 0 Å². The zero-order chi connectivity index (χ0) is 15.9. The third-order valence-electron chi connectivity index (χ3n) is 3.64. The summed E-state index contributed by atoms with van der Waals surface area (Å²) in [6, 6.07) is 5.52. The predicted molar refractivity (Wildman–Crippen MR) is 80.9 cm³/mol. The Morgan fingerprint density at radius 1 is 1.09 bits per heavy atom. The van der Waals surface area contributed by atoms with Crippen molar-refractivity contribution in [2.75, 3.05) is 0 Å². The van der Waals surface area contributed by atoms with E-state index in [9.17, 15) is 14.0 Å². The van der Waals surface area contributed by atoms with Crippen molar-refractivity contribution in [3.63, 3.8) is 0 Å². The predicted octanol–water partition coefficient (Wildman–Crippen LogP) is 1.53. The van der Waals surface area contributed by atoms with Crippen molar-refractivity contribution < 1.29 is 4.39 Å². The standard InChI is InChI=1S/C15H15FN4O2/c1-3-18-9-17-13-12(18)14(21)19(4-2)15(22)20(13)11-7-5-10(16)6-8-11/h5-9H,3-4H2,1-2H3. The van der Waals surface area contributed by atoms with Crippen molar-refractivity contribution in [1.82, 2.24) is 18.7 Å². The zero-order valence-electron chi connectivity index (χ0n) is 12.3. The number of hydrogen-bond acceptors (Lipinski definition) is 3. The molecule has 22 heavy (non-hydrogen) atoms. The van der Waals surface area contributed by atoms with Crippen molar-refractivity contribution >= 4 is 11.2 Å². The van der Waals surface area contributed by atoms with Gasteiger partial charge in [-0.25, -0.2) is 18.7 Å². The molecule has 2 aromatic heterocycles. The fourth-order valence-electron chi connectivity index (χ4n) is 2.52. The average Bonchev–Trinajstić information content (AvgIpc) is 2.93. The zero-order valence-corrected chi connectivity index (χ0v) is 12.3. The number of halogens is 1. The summed E-state index contributed by atoms with van der Waals surface area (Å²) >= 11 is 0. The lowest BCUT2D eigenvalue weighted by Crippen LogP contribution is -2.39. The van der Waals surface area contributed by atoms with Gasteiger partial charge in [0.25, 0.3) is 5.56 Å². The van der Waals surface area contributed by atoms with Crippen LogP contribution < -0.4 is 11.2 Å². The summed E-state index contributed by atoms with van der Waals surface area (Å²) < 4.78 is 17.3. The molecule has 114 valence electrons. The Bertz CT molecular complexity index is 951. The summed E-state index contributed by atoms with van der Waals surface area (Å²) in [5.41, 5.74) is 0.287. The number of nitrogens with zero attached hydrogens (tertiary/aromatic N) is 4. The Labute approximate surface area is 125 Å². The van der Waals surface area contributed by atoms with E-state index in [1.54, 1.807) is 11.5 Å². The second-order valence-corrected chi connectivity index (χ2v) is 4.85. The van der Waals surface area contributed by atoms with Gasteiger partial charge < -0.3 is 4.57 Å². The van der Waals surface area contributed by atoms with Gasteiger partial charge in [-0.1, -0.05) is 0 Å². The Balaban J connectivity index is 2.48. The van der Waals surface area contributed by atoms with E-state index < -0.39 is 11.5 Å². The van der Waals surface area contributed by atoms with Crippen molar-refractivity contribution in [1.29, 1.82) is 0 Å². The van der Waals surface area contributed by atoms with Crippen LogP contribution in [-0.4, -0.2) is 18.7 Å². The highest BCUT2D eigenvalue weighted by Gasteiger charge is 2.17. The minimum Gasteiger partial charge on any atom is -0.325 e. The first-order valence-electron chi connectivity index (χ1n) is 7.05. The first-order valence-corrected chi connectivity index (χ1v) is 7.05. The van der Waals surface area contributed by atoms with E-state index in [0.29, 0.717) is 17.7 Å². The van der Waals surface area contributed by atoms with Gasteiger partial charge in [0.15, 0.2) is 11.2 Å². The van der Waals surface area contributed by atoms with Gasteiger partial charge in [0.1, 0.15) is 5.82 Å². The van der Waals surface area contributed by atoms with Gasteiger partial charge in [0, 0.05) is 13.1 Å². The minimum atomic E-state index is -0.479. The lowest BCUT2D eigenvalue weighted by molar-refractivity contribution is 0.626. The highest BCUT2D eigenvalue weighted by molar-refractivity contribution is 5.72. The lowest BCUT2D eigenvalue weighted by atomic mass is 10.3. The number of imidazole rings is 1. The Morgan fingerprint density at radius 3 is 2.36 bits per heavy atom. The molecule has 0 unspecified atom stereocenters. The first kappa shape index (κ1) is 14.2. The number of aryl methyl sites for hydroxylation is 1. The molecule has 0 spiro atoms. The number of hydrogen-bond donors (Lipinski definition) is 0. The highest BCUT2D eigenvalue weighted by atomic mass is 19.1. The average molecular weight is 302 g/mol. The molecule has 0 saturated heterocycles. The summed E-state index contributed by atoms with van der Waals surface area (Å²) in [5.74, 6) is -0.393. The second-order valence-electron chi connectivity index (χ2n) is 4.85. The van der Waals surface area contributed by atoms with Gasteiger partial charge >= 0.3 is 5.69 Å². The van der Waals surface area contributed by atoms with E-state index in [1.165, 1.54) is 35.2 Å². The van der Waals surface area contributed by atoms with Gasteiger partial charge in [0.05, 0.1) is 12.0 Å². The molecular formula is C15H15FN4O2. The molecule has 0 N–H and O–H groups in total.